The van der Waals surface area contributed by atoms with Crippen LogP contribution in [0, 0.1) is 18.3 Å². The first-order valence-corrected chi connectivity index (χ1v) is 5.17. The van der Waals surface area contributed by atoms with Crippen LogP contribution in [0.5, 0.6) is 0 Å². The largest absolute Gasteiger partial charge is 0.441 e. The van der Waals surface area contributed by atoms with Crippen molar-refractivity contribution in [1.29, 1.82) is 5.26 Å². The summed E-state index contributed by atoms with van der Waals surface area (Å²) in [5.74, 6) is 1.18. The Morgan fingerprint density at radius 2 is 2.31 bits per heavy atom. The first-order chi connectivity index (χ1) is 7.70. The van der Waals surface area contributed by atoms with Gasteiger partial charge in [0.2, 0.25) is 5.89 Å². The lowest BCUT2D eigenvalue weighted by Gasteiger charge is -1.94. The van der Waals surface area contributed by atoms with Gasteiger partial charge in [-0.2, -0.15) is 5.26 Å². The van der Waals surface area contributed by atoms with Gasteiger partial charge in [0.05, 0.1) is 18.2 Å². The van der Waals surface area contributed by atoms with Gasteiger partial charge in [0.15, 0.2) is 0 Å². The molecule has 80 valence electrons. The molecule has 0 spiro atoms. The highest BCUT2D eigenvalue weighted by molar-refractivity contribution is 6.30. The molecule has 0 radical (unpaired) electrons. The third-order valence-electron chi connectivity index (χ3n) is 2.21. The van der Waals surface area contributed by atoms with Crippen LogP contribution in [-0.4, -0.2) is 4.98 Å². The van der Waals surface area contributed by atoms with Crippen molar-refractivity contribution in [3.05, 3.63) is 40.7 Å². The summed E-state index contributed by atoms with van der Waals surface area (Å²) in [4.78, 5) is 4.26. The second-order valence-corrected chi connectivity index (χ2v) is 3.80. The molecule has 0 aliphatic carbocycles. The van der Waals surface area contributed by atoms with Crippen LogP contribution in [0.25, 0.3) is 11.5 Å². The molecule has 0 fully saturated rings. The average Bonchev–Trinajstić information content (AvgIpc) is 2.61. The van der Waals surface area contributed by atoms with Crippen LogP contribution in [0.1, 0.15) is 11.5 Å². The maximum atomic E-state index is 8.62. The molecule has 4 heteroatoms. The van der Waals surface area contributed by atoms with E-state index in [1.54, 1.807) is 19.1 Å². The number of nitriles is 1. The average molecular weight is 233 g/mol. The molecule has 1 aromatic carbocycles. The molecule has 0 N–H and O–H groups in total. The number of aromatic nitrogens is 1. The zero-order valence-corrected chi connectivity index (χ0v) is 9.45. The van der Waals surface area contributed by atoms with Gasteiger partial charge < -0.3 is 4.42 Å². The molecule has 3 nitrogen and oxygen atoms in total. The molecule has 0 aliphatic rings. The maximum Gasteiger partial charge on any atom is 0.226 e. The number of halogens is 1. The molecule has 2 rings (SSSR count). The third kappa shape index (κ3) is 2.07. The Balaban J connectivity index is 2.42. The number of aryl methyl sites for hydroxylation is 1. The second-order valence-electron chi connectivity index (χ2n) is 3.37. The fourth-order valence-electron chi connectivity index (χ4n) is 1.41. The molecule has 0 bridgehead atoms. The first kappa shape index (κ1) is 10.7. The number of hydrogen-bond donors (Lipinski definition) is 0. The monoisotopic (exact) mass is 232 g/mol. The minimum atomic E-state index is 0.260. The van der Waals surface area contributed by atoms with Gasteiger partial charge in [0.1, 0.15) is 5.76 Å². The van der Waals surface area contributed by atoms with Crippen LogP contribution in [-0.2, 0) is 6.42 Å². The van der Waals surface area contributed by atoms with E-state index in [2.05, 4.69) is 11.1 Å². The van der Waals surface area contributed by atoms with Crippen LogP contribution in [0.4, 0.5) is 0 Å². The molecule has 0 atom stereocenters. The molecule has 0 unspecified atom stereocenters. The Labute approximate surface area is 98.3 Å². The van der Waals surface area contributed by atoms with Crippen LogP contribution < -0.4 is 0 Å². The molecular weight excluding hydrogens is 224 g/mol. The number of oxazole rings is 1. The van der Waals surface area contributed by atoms with E-state index in [1.807, 2.05) is 12.1 Å². The molecule has 2 aromatic rings. The van der Waals surface area contributed by atoms with Gasteiger partial charge in [-0.05, 0) is 25.1 Å². The Bertz CT molecular complexity index is 554. The van der Waals surface area contributed by atoms with E-state index in [4.69, 9.17) is 21.3 Å². The molecule has 1 heterocycles. The van der Waals surface area contributed by atoms with Gasteiger partial charge in [-0.3, -0.25) is 0 Å². The van der Waals surface area contributed by atoms with Crippen molar-refractivity contribution >= 4 is 11.6 Å². The predicted molar refractivity (Wildman–Crippen MR) is 61.0 cm³/mol. The highest BCUT2D eigenvalue weighted by atomic mass is 35.5. The highest BCUT2D eigenvalue weighted by Gasteiger charge is 2.10. The Morgan fingerprint density at radius 1 is 1.50 bits per heavy atom. The van der Waals surface area contributed by atoms with E-state index in [0.29, 0.717) is 22.4 Å². The van der Waals surface area contributed by atoms with Crippen molar-refractivity contribution in [2.75, 3.05) is 0 Å². The summed E-state index contributed by atoms with van der Waals surface area (Å²) in [5.41, 5.74) is 1.50. The predicted octanol–water partition coefficient (Wildman–Crippen LogP) is 3.37. The van der Waals surface area contributed by atoms with Crippen molar-refractivity contribution in [3.8, 4) is 17.5 Å². The lowest BCUT2D eigenvalue weighted by molar-refractivity contribution is 0.540. The van der Waals surface area contributed by atoms with Gasteiger partial charge in [0.25, 0.3) is 0 Å². The zero-order chi connectivity index (χ0) is 11.5. The van der Waals surface area contributed by atoms with Crippen molar-refractivity contribution in [2.45, 2.75) is 13.3 Å². The van der Waals surface area contributed by atoms with Gasteiger partial charge in [-0.25, -0.2) is 4.98 Å². The molecule has 0 saturated carbocycles. The van der Waals surface area contributed by atoms with Gasteiger partial charge >= 0.3 is 0 Å². The number of rotatable bonds is 2. The number of nitrogens with zero attached hydrogens (tertiary/aromatic N) is 2. The summed E-state index contributed by atoms with van der Waals surface area (Å²) in [6, 6.07) is 9.32. The summed E-state index contributed by atoms with van der Waals surface area (Å²) >= 11 is 5.88. The second kappa shape index (κ2) is 4.38. The van der Waals surface area contributed by atoms with Crippen molar-refractivity contribution in [3.63, 3.8) is 0 Å². The quantitative estimate of drug-likeness (QED) is 0.798. The topological polar surface area (TPSA) is 49.8 Å². The van der Waals surface area contributed by atoms with Crippen molar-refractivity contribution in [2.24, 2.45) is 0 Å². The fraction of sp³-hybridized carbons (Fsp3) is 0.167. The Kier molecular flexibility index (Phi) is 2.93. The van der Waals surface area contributed by atoms with Gasteiger partial charge in [-0.1, -0.05) is 17.7 Å². The lowest BCUT2D eigenvalue weighted by Crippen LogP contribution is -1.84. The van der Waals surface area contributed by atoms with Gasteiger partial charge in [0, 0.05) is 10.6 Å². The van der Waals surface area contributed by atoms with Crippen molar-refractivity contribution in [1.82, 2.24) is 4.98 Å². The summed E-state index contributed by atoms with van der Waals surface area (Å²) in [5, 5.41) is 9.25. The molecular formula is C12H9ClN2O. The molecule has 16 heavy (non-hydrogen) atoms. The summed E-state index contributed by atoms with van der Waals surface area (Å²) in [6.07, 6.45) is 0.260. The molecule has 0 saturated heterocycles. The summed E-state index contributed by atoms with van der Waals surface area (Å²) < 4.78 is 5.49. The Hall–Kier alpha value is -1.79. The van der Waals surface area contributed by atoms with Crippen LogP contribution in [0.15, 0.2) is 28.7 Å². The Morgan fingerprint density at radius 3 is 3.00 bits per heavy atom. The standard InChI is InChI=1S/C12H9ClN2O/c1-8-11(5-6-14)15-12(16-8)9-3-2-4-10(13)7-9/h2-4,7H,5H2,1H3. The minimum Gasteiger partial charge on any atom is -0.441 e. The van der Waals surface area contributed by atoms with E-state index >= 15 is 0 Å². The van der Waals surface area contributed by atoms with Crippen LogP contribution in [0.3, 0.4) is 0 Å². The van der Waals surface area contributed by atoms with Crippen LogP contribution >= 0.6 is 11.6 Å². The SMILES string of the molecule is Cc1oc(-c2cccc(Cl)c2)nc1CC#N. The van der Waals surface area contributed by atoms with E-state index in [0.717, 1.165) is 5.56 Å². The van der Waals surface area contributed by atoms with Crippen molar-refractivity contribution < 1.29 is 4.42 Å². The molecule has 0 amide bonds. The molecule has 0 aliphatic heterocycles. The zero-order valence-electron chi connectivity index (χ0n) is 8.70. The minimum absolute atomic E-state index is 0.260. The summed E-state index contributed by atoms with van der Waals surface area (Å²) in [7, 11) is 0. The van der Waals surface area contributed by atoms with E-state index in [-0.39, 0.29) is 6.42 Å². The lowest BCUT2D eigenvalue weighted by atomic mass is 10.2. The summed E-state index contributed by atoms with van der Waals surface area (Å²) in [6.45, 7) is 1.80. The highest BCUT2D eigenvalue weighted by Crippen LogP contribution is 2.24. The number of hydrogen-bond acceptors (Lipinski definition) is 3. The van der Waals surface area contributed by atoms with E-state index < -0.39 is 0 Å². The maximum absolute atomic E-state index is 8.62. The first-order valence-electron chi connectivity index (χ1n) is 4.80. The normalized spacial score (nSPS) is 10.1. The van der Waals surface area contributed by atoms with E-state index in [9.17, 15) is 0 Å². The van der Waals surface area contributed by atoms with E-state index in [1.165, 1.54) is 0 Å². The fourth-order valence-corrected chi connectivity index (χ4v) is 1.60. The number of benzene rings is 1. The van der Waals surface area contributed by atoms with Crippen LogP contribution in [0.2, 0.25) is 5.02 Å². The smallest absolute Gasteiger partial charge is 0.226 e. The van der Waals surface area contributed by atoms with Gasteiger partial charge in [-0.15, -0.1) is 0 Å². The molecule has 1 aromatic heterocycles. The third-order valence-corrected chi connectivity index (χ3v) is 2.45.